The third-order valence-electron chi connectivity index (χ3n) is 4.48. The molecule has 0 fully saturated rings. The van der Waals surface area contributed by atoms with E-state index in [1.165, 1.54) is 0 Å². The van der Waals surface area contributed by atoms with Crippen LogP contribution in [0.5, 0.6) is 0 Å². The van der Waals surface area contributed by atoms with Crippen LogP contribution in [0.2, 0.25) is 5.02 Å². The van der Waals surface area contributed by atoms with Gasteiger partial charge in [-0.3, -0.25) is 14.4 Å². The number of aromatic nitrogens is 1. The molecule has 0 unspecified atom stereocenters. The molecule has 1 amide bonds. The Kier molecular flexibility index (Phi) is 6.26. The third-order valence-corrected chi connectivity index (χ3v) is 4.73. The van der Waals surface area contributed by atoms with Crippen molar-refractivity contribution < 1.29 is 9.59 Å². The topological polar surface area (TPSA) is 79.0 Å². The summed E-state index contributed by atoms with van der Waals surface area (Å²) in [5.41, 5.74) is 2.64. The molecule has 144 valence electrons. The van der Waals surface area contributed by atoms with Crippen LogP contribution in [-0.4, -0.2) is 16.7 Å². The first-order valence-electron chi connectivity index (χ1n) is 9.21. The molecule has 0 atom stereocenters. The zero-order valence-corrected chi connectivity index (χ0v) is 16.3. The summed E-state index contributed by atoms with van der Waals surface area (Å²) in [4.78, 5) is 39.0. The maximum absolute atomic E-state index is 12.2. The number of hydrogen-bond acceptors (Lipinski definition) is 3. The lowest BCUT2D eigenvalue weighted by Crippen LogP contribution is -2.14. The highest BCUT2D eigenvalue weighted by Gasteiger charge is 2.11. The molecule has 2 N–H and O–H groups in total. The molecule has 3 aromatic rings. The number of carbonyl (C=O) groups excluding carboxylic acids is 2. The maximum atomic E-state index is 12.2. The van der Waals surface area contributed by atoms with E-state index >= 15 is 0 Å². The monoisotopic (exact) mass is 396 g/mol. The second-order valence-electron chi connectivity index (χ2n) is 6.65. The van der Waals surface area contributed by atoms with E-state index in [1.54, 1.807) is 42.5 Å². The van der Waals surface area contributed by atoms with Crippen molar-refractivity contribution in [1.29, 1.82) is 0 Å². The Balaban J connectivity index is 1.66. The zero-order valence-electron chi connectivity index (χ0n) is 15.5. The smallest absolute Gasteiger partial charge is 0.248 e. The number of anilines is 1. The van der Waals surface area contributed by atoms with E-state index in [2.05, 4.69) is 17.2 Å². The van der Waals surface area contributed by atoms with Crippen LogP contribution in [-0.2, 0) is 11.2 Å². The van der Waals surface area contributed by atoms with Crippen LogP contribution in [0.15, 0.2) is 53.3 Å². The second kappa shape index (κ2) is 8.85. The summed E-state index contributed by atoms with van der Waals surface area (Å²) >= 11 is 5.82. The lowest BCUT2D eigenvalue weighted by molar-refractivity contribution is -0.116. The van der Waals surface area contributed by atoms with Crippen LogP contribution in [0.4, 0.5) is 5.69 Å². The molecule has 0 radical (unpaired) electrons. The minimum atomic E-state index is -0.256. The van der Waals surface area contributed by atoms with Gasteiger partial charge < -0.3 is 10.3 Å². The van der Waals surface area contributed by atoms with Gasteiger partial charge in [0.05, 0.1) is 5.52 Å². The molecule has 28 heavy (non-hydrogen) atoms. The van der Waals surface area contributed by atoms with Crippen LogP contribution < -0.4 is 10.9 Å². The number of fused-ring (bicyclic) bond motifs is 1. The lowest BCUT2D eigenvalue weighted by Gasteiger charge is -2.09. The van der Waals surface area contributed by atoms with Gasteiger partial charge in [-0.25, -0.2) is 0 Å². The minimum absolute atomic E-state index is 0.0753. The standard InChI is InChI=1S/C22H21ClN2O3/c1-2-3-15-12-22(28)25-19-13-17(8-9-18(15)19)24-21(27)11-10-20(26)14-4-6-16(23)7-5-14/h4-9,12-13H,2-3,10-11H2,1H3,(H,24,27)(H,25,28). The number of hydrogen-bond donors (Lipinski definition) is 2. The van der Waals surface area contributed by atoms with E-state index < -0.39 is 0 Å². The normalized spacial score (nSPS) is 10.8. The van der Waals surface area contributed by atoms with Gasteiger partial charge in [-0.1, -0.05) is 31.0 Å². The number of aromatic amines is 1. The number of rotatable bonds is 7. The van der Waals surface area contributed by atoms with Gasteiger partial charge in [0.25, 0.3) is 0 Å². The van der Waals surface area contributed by atoms with E-state index in [1.807, 2.05) is 6.07 Å². The predicted molar refractivity (Wildman–Crippen MR) is 112 cm³/mol. The first kappa shape index (κ1) is 19.8. The predicted octanol–water partition coefficient (Wildman–Crippen LogP) is 4.74. The average molecular weight is 397 g/mol. The van der Waals surface area contributed by atoms with Crippen molar-refractivity contribution in [2.45, 2.75) is 32.6 Å². The fourth-order valence-electron chi connectivity index (χ4n) is 3.12. The summed E-state index contributed by atoms with van der Waals surface area (Å²) in [6, 6.07) is 13.7. The summed E-state index contributed by atoms with van der Waals surface area (Å²) < 4.78 is 0. The molecule has 1 heterocycles. The number of Topliss-reactive ketones (excluding diaryl/α,β-unsaturated/α-hetero) is 1. The van der Waals surface area contributed by atoms with Gasteiger partial charge in [0, 0.05) is 40.6 Å². The molecule has 0 aliphatic rings. The fraction of sp³-hybridized carbons (Fsp3) is 0.227. The van der Waals surface area contributed by atoms with Crippen molar-refractivity contribution in [2.24, 2.45) is 0 Å². The number of pyridine rings is 1. The maximum Gasteiger partial charge on any atom is 0.248 e. The molecule has 2 aromatic carbocycles. The van der Waals surface area contributed by atoms with Gasteiger partial charge in [-0.05, 0) is 48.4 Å². The summed E-state index contributed by atoms with van der Waals surface area (Å²) in [6.45, 7) is 2.06. The quantitative estimate of drug-likeness (QED) is 0.566. The van der Waals surface area contributed by atoms with Gasteiger partial charge >= 0.3 is 0 Å². The highest BCUT2D eigenvalue weighted by molar-refractivity contribution is 6.30. The van der Waals surface area contributed by atoms with Crippen molar-refractivity contribution in [3.63, 3.8) is 0 Å². The number of amides is 1. The number of aryl methyl sites for hydroxylation is 1. The summed E-state index contributed by atoms with van der Waals surface area (Å²) in [5.74, 6) is -0.368. The van der Waals surface area contributed by atoms with E-state index in [4.69, 9.17) is 11.6 Å². The van der Waals surface area contributed by atoms with Crippen LogP contribution >= 0.6 is 11.6 Å². The Hall–Kier alpha value is -2.92. The van der Waals surface area contributed by atoms with Crippen LogP contribution in [0.25, 0.3) is 10.9 Å². The largest absolute Gasteiger partial charge is 0.326 e. The van der Waals surface area contributed by atoms with E-state index in [0.29, 0.717) is 21.8 Å². The van der Waals surface area contributed by atoms with E-state index in [-0.39, 0.29) is 30.1 Å². The van der Waals surface area contributed by atoms with Gasteiger partial charge in [-0.2, -0.15) is 0 Å². The van der Waals surface area contributed by atoms with Gasteiger partial charge in [0.1, 0.15) is 0 Å². The molecular formula is C22H21ClN2O3. The van der Waals surface area contributed by atoms with E-state index in [0.717, 1.165) is 23.8 Å². The van der Waals surface area contributed by atoms with Crippen LogP contribution in [0.1, 0.15) is 42.1 Å². The molecule has 0 bridgehead atoms. The SMILES string of the molecule is CCCc1cc(=O)[nH]c2cc(NC(=O)CCC(=O)c3ccc(Cl)cc3)ccc12. The fourth-order valence-corrected chi connectivity index (χ4v) is 3.24. The van der Waals surface area contributed by atoms with Crippen molar-refractivity contribution in [1.82, 2.24) is 4.98 Å². The van der Waals surface area contributed by atoms with Gasteiger partial charge in [0.2, 0.25) is 11.5 Å². The number of ketones is 1. The molecule has 1 aromatic heterocycles. The van der Waals surface area contributed by atoms with E-state index in [9.17, 15) is 14.4 Å². The molecule has 5 nitrogen and oxygen atoms in total. The summed E-state index contributed by atoms with van der Waals surface area (Å²) in [6.07, 6.45) is 1.95. The molecule has 0 saturated carbocycles. The Morgan fingerprint density at radius 1 is 1.04 bits per heavy atom. The summed E-state index contributed by atoms with van der Waals surface area (Å²) in [5, 5.41) is 4.32. The Morgan fingerprint density at radius 3 is 2.50 bits per heavy atom. The van der Waals surface area contributed by atoms with Crippen LogP contribution in [0, 0.1) is 0 Å². The number of H-pyrrole nitrogens is 1. The first-order chi connectivity index (χ1) is 13.5. The number of carbonyl (C=O) groups is 2. The van der Waals surface area contributed by atoms with Gasteiger partial charge in [0.15, 0.2) is 5.78 Å². The third kappa shape index (κ3) is 4.87. The number of nitrogens with one attached hydrogen (secondary N) is 2. The Bertz CT molecular complexity index is 1070. The van der Waals surface area contributed by atoms with Crippen molar-refractivity contribution >= 4 is 39.9 Å². The zero-order chi connectivity index (χ0) is 20.1. The van der Waals surface area contributed by atoms with Crippen LogP contribution in [0.3, 0.4) is 0 Å². The highest BCUT2D eigenvalue weighted by Crippen LogP contribution is 2.21. The van der Waals surface area contributed by atoms with Crippen molar-refractivity contribution in [3.05, 3.63) is 75.0 Å². The minimum Gasteiger partial charge on any atom is -0.326 e. The number of benzene rings is 2. The van der Waals surface area contributed by atoms with Crippen molar-refractivity contribution in [3.8, 4) is 0 Å². The molecule has 6 heteroatoms. The molecule has 0 saturated heterocycles. The number of halogens is 1. The lowest BCUT2D eigenvalue weighted by atomic mass is 10.0. The summed E-state index contributed by atoms with van der Waals surface area (Å²) in [7, 11) is 0. The molecule has 3 rings (SSSR count). The van der Waals surface area contributed by atoms with Gasteiger partial charge in [-0.15, -0.1) is 0 Å². The average Bonchev–Trinajstić information content (AvgIpc) is 2.66. The molecule has 0 aliphatic heterocycles. The highest BCUT2D eigenvalue weighted by atomic mass is 35.5. The molecule has 0 spiro atoms. The first-order valence-corrected chi connectivity index (χ1v) is 9.58. The Morgan fingerprint density at radius 2 is 1.79 bits per heavy atom. The Labute approximate surface area is 167 Å². The second-order valence-corrected chi connectivity index (χ2v) is 7.08. The molecule has 0 aliphatic carbocycles. The van der Waals surface area contributed by atoms with Crippen molar-refractivity contribution in [2.75, 3.05) is 5.32 Å². The molecular weight excluding hydrogens is 376 g/mol.